The maximum atomic E-state index is 16.3. The Bertz CT molecular complexity index is 1620. The number of amides is 2. The molecular weight excluding hydrogens is 662 g/mol. The molecule has 2 amide bonds. The summed E-state index contributed by atoms with van der Waals surface area (Å²) >= 11 is 0. The van der Waals surface area contributed by atoms with Crippen molar-refractivity contribution in [3.63, 3.8) is 0 Å². The molecule has 51 heavy (non-hydrogen) atoms. The molecule has 0 unspecified atom stereocenters. The molecule has 1 aromatic carbocycles. The van der Waals surface area contributed by atoms with Crippen LogP contribution in [0.4, 0.5) is 13.6 Å². The number of carbonyl (C=O) groups is 3. The van der Waals surface area contributed by atoms with Gasteiger partial charge in [0.1, 0.15) is 23.5 Å². The quantitative estimate of drug-likeness (QED) is 0.366. The van der Waals surface area contributed by atoms with Gasteiger partial charge in [0.25, 0.3) is 5.92 Å². The number of alkyl halides is 2. The van der Waals surface area contributed by atoms with Gasteiger partial charge in [-0.15, -0.1) is 0 Å². The van der Waals surface area contributed by atoms with Gasteiger partial charge in [-0.05, 0) is 83.3 Å². The largest absolute Gasteiger partial charge is 0.497 e. The van der Waals surface area contributed by atoms with E-state index in [1.807, 2.05) is 20.8 Å². The molecule has 3 fully saturated rings. The van der Waals surface area contributed by atoms with Crippen molar-refractivity contribution in [3.05, 3.63) is 23.9 Å². The van der Waals surface area contributed by atoms with Crippen LogP contribution in [0.25, 0.3) is 11.0 Å². The molecule has 1 aromatic heterocycles. The monoisotopic (exact) mass is 714 g/mol. The topological polar surface area (TPSA) is 129 Å². The zero-order chi connectivity index (χ0) is 36.6. The second-order valence-corrected chi connectivity index (χ2v) is 15.4. The highest BCUT2D eigenvalue weighted by atomic mass is 19.3. The molecule has 4 aliphatic rings. The molecule has 0 spiro atoms. The Hall–Kier alpha value is -3.61. The molecule has 4 heterocycles. The van der Waals surface area contributed by atoms with Crippen LogP contribution in [0.15, 0.2) is 18.2 Å². The molecular formula is C38H52F2N4O7. The number of hydrogen-bond donors (Lipinski definition) is 1. The molecule has 6 atom stereocenters. The van der Waals surface area contributed by atoms with Crippen molar-refractivity contribution in [2.45, 2.75) is 128 Å². The summed E-state index contributed by atoms with van der Waals surface area (Å²) in [7, 11) is 1.50. The third-order valence-electron chi connectivity index (χ3n) is 12.0. The highest BCUT2D eigenvalue weighted by Gasteiger charge is 2.53. The summed E-state index contributed by atoms with van der Waals surface area (Å²) < 4.78 is 56.1. The first kappa shape index (κ1) is 37.2. The van der Waals surface area contributed by atoms with E-state index < -0.39 is 65.2 Å². The summed E-state index contributed by atoms with van der Waals surface area (Å²) in [4.78, 5) is 52.4. The van der Waals surface area contributed by atoms with Gasteiger partial charge < -0.3 is 29.2 Å². The minimum Gasteiger partial charge on any atom is -0.497 e. The lowest BCUT2D eigenvalue weighted by atomic mass is 9.75. The van der Waals surface area contributed by atoms with E-state index in [0.29, 0.717) is 63.0 Å². The molecule has 1 saturated carbocycles. The van der Waals surface area contributed by atoms with Crippen molar-refractivity contribution in [2.24, 2.45) is 17.3 Å². The SMILES string of the molecule is CC[C@@H]1[C@@H]2CN(C(=O)[C@H](C3(C)CCOCC3)NC(=O)O[C@]3(C)CCC[C@H]3CCCCCC(F)(F)c3nc4ccc(OC)cc4nc3O2)[C@@H]1C(C)=O. The minimum atomic E-state index is -3.36. The van der Waals surface area contributed by atoms with Crippen LogP contribution in [-0.4, -0.2) is 83.3 Å². The van der Waals surface area contributed by atoms with Crippen LogP contribution in [0.1, 0.15) is 104 Å². The van der Waals surface area contributed by atoms with E-state index in [-0.39, 0.29) is 36.1 Å². The van der Waals surface area contributed by atoms with Crippen LogP contribution in [0.3, 0.4) is 0 Å². The van der Waals surface area contributed by atoms with Gasteiger partial charge in [-0.3, -0.25) is 9.59 Å². The van der Waals surface area contributed by atoms with Crippen LogP contribution in [0.5, 0.6) is 11.6 Å². The zero-order valence-corrected chi connectivity index (χ0v) is 30.5. The Morgan fingerprint density at radius 2 is 1.76 bits per heavy atom. The predicted molar refractivity (Wildman–Crippen MR) is 185 cm³/mol. The second kappa shape index (κ2) is 14.8. The second-order valence-electron chi connectivity index (χ2n) is 15.4. The van der Waals surface area contributed by atoms with Gasteiger partial charge in [-0.2, -0.15) is 8.78 Å². The van der Waals surface area contributed by atoms with E-state index in [2.05, 4.69) is 15.3 Å². The van der Waals surface area contributed by atoms with Crippen molar-refractivity contribution < 1.29 is 42.1 Å². The summed E-state index contributed by atoms with van der Waals surface area (Å²) in [5, 5.41) is 2.97. The highest BCUT2D eigenvalue weighted by Crippen LogP contribution is 2.44. The third-order valence-corrected chi connectivity index (χ3v) is 12.0. The molecule has 2 bridgehead atoms. The van der Waals surface area contributed by atoms with Crippen LogP contribution >= 0.6 is 0 Å². The number of fused-ring (bicyclic) bond motifs is 5. The standard InChI is InChI=1S/C38H52F2N4O7/c1-6-26-29-22-44(30(26)23(2)45)34(46)32(36(3)17-19-49-20-18-36)43-35(47)51-37(4)15-10-12-24(37)11-8-7-9-16-38(39,40)31-33(50-29)42-28-21-25(48-5)13-14-27(28)41-31/h13-14,21,24,26,29-30,32H,6-12,15-20,22H2,1-5H3,(H,43,47)/t24-,26-,29+,30-,32-,37-/m1/s1. The third kappa shape index (κ3) is 7.50. The van der Waals surface area contributed by atoms with Crippen LogP contribution in [0, 0.1) is 17.3 Å². The van der Waals surface area contributed by atoms with Crippen molar-refractivity contribution in [2.75, 3.05) is 26.9 Å². The number of Topliss-reactive ketones (excluding diaryl/α,β-unsaturated/α-hetero) is 1. The van der Waals surface area contributed by atoms with E-state index >= 15 is 8.78 Å². The zero-order valence-electron chi connectivity index (χ0n) is 30.5. The van der Waals surface area contributed by atoms with Gasteiger partial charge in [0.15, 0.2) is 11.5 Å². The number of alkyl carbamates (subject to hydrolysis) is 1. The molecule has 2 aromatic rings. The number of aromatic nitrogens is 2. The van der Waals surface area contributed by atoms with E-state index in [9.17, 15) is 14.4 Å². The van der Waals surface area contributed by atoms with Crippen molar-refractivity contribution >= 4 is 28.8 Å². The first-order valence-electron chi connectivity index (χ1n) is 18.6. The Morgan fingerprint density at radius 3 is 2.47 bits per heavy atom. The number of halogens is 2. The number of nitrogens with one attached hydrogen (secondary N) is 1. The lowest BCUT2D eigenvalue weighted by molar-refractivity contribution is -0.144. The number of carbonyl (C=O) groups excluding carboxylic acids is 3. The smallest absolute Gasteiger partial charge is 0.408 e. The Labute approximate surface area is 298 Å². The van der Waals surface area contributed by atoms with Crippen LogP contribution in [-0.2, 0) is 25.0 Å². The van der Waals surface area contributed by atoms with E-state index in [0.717, 1.165) is 19.3 Å². The first-order chi connectivity index (χ1) is 24.3. The molecule has 1 N–H and O–H groups in total. The normalized spacial score (nSPS) is 31.6. The molecule has 6 rings (SSSR count). The molecule has 1 aliphatic carbocycles. The van der Waals surface area contributed by atoms with Crippen molar-refractivity contribution in [1.29, 1.82) is 0 Å². The Kier molecular flexibility index (Phi) is 10.8. The first-order valence-corrected chi connectivity index (χ1v) is 18.6. The number of rotatable bonds is 4. The molecule has 2 saturated heterocycles. The summed E-state index contributed by atoms with van der Waals surface area (Å²) in [6.07, 6.45) is 4.14. The van der Waals surface area contributed by atoms with Crippen LogP contribution < -0.4 is 14.8 Å². The summed E-state index contributed by atoms with van der Waals surface area (Å²) in [5.74, 6) is -4.37. The lowest BCUT2D eigenvalue weighted by Gasteiger charge is -2.42. The fraction of sp³-hybridized carbons (Fsp3) is 0.711. The molecule has 3 aliphatic heterocycles. The van der Waals surface area contributed by atoms with Gasteiger partial charge in [0.2, 0.25) is 11.8 Å². The number of methoxy groups -OCH3 is 1. The number of ether oxygens (including phenoxy) is 4. The lowest BCUT2D eigenvalue weighted by Crippen LogP contribution is -2.60. The van der Waals surface area contributed by atoms with Gasteiger partial charge in [0, 0.05) is 37.0 Å². The van der Waals surface area contributed by atoms with Crippen molar-refractivity contribution in [3.8, 4) is 11.6 Å². The maximum absolute atomic E-state index is 16.3. The minimum absolute atomic E-state index is 0.0637. The van der Waals surface area contributed by atoms with Crippen molar-refractivity contribution in [1.82, 2.24) is 20.2 Å². The summed E-state index contributed by atoms with van der Waals surface area (Å²) in [5.41, 5.74) is -1.41. The highest BCUT2D eigenvalue weighted by molar-refractivity contribution is 5.93. The van der Waals surface area contributed by atoms with E-state index in [4.69, 9.17) is 18.9 Å². The Morgan fingerprint density at radius 1 is 1.02 bits per heavy atom. The molecule has 280 valence electrons. The van der Waals surface area contributed by atoms with Gasteiger partial charge >= 0.3 is 6.09 Å². The average molecular weight is 715 g/mol. The molecule has 13 heteroatoms. The fourth-order valence-corrected chi connectivity index (χ4v) is 8.86. The summed E-state index contributed by atoms with van der Waals surface area (Å²) in [6, 6.07) is 2.92. The van der Waals surface area contributed by atoms with Gasteiger partial charge in [-0.1, -0.05) is 26.7 Å². The molecule has 0 radical (unpaired) electrons. The molecule has 11 nitrogen and oxygen atoms in total. The van der Waals surface area contributed by atoms with Gasteiger partial charge in [-0.25, -0.2) is 14.8 Å². The number of benzene rings is 1. The maximum Gasteiger partial charge on any atom is 0.408 e. The van der Waals surface area contributed by atoms with E-state index in [1.165, 1.54) is 18.9 Å². The number of ketones is 1. The predicted octanol–water partition coefficient (Wildman–Crippen LogP) is 6.74. The number of hydrogen-bond acceptors (Lipinski definition) is 9. The summed E-state index contributed by atoms with van der Waals surface area (Å²) in [6.45, 7) is 7.95. The van der Waals surface area contributed by atoms with Gasteiger partial charge in [0.05, 0.1) is 30.7 Å². The fourth-order valence-electron chi connectivity index (χ4n) is 8.86. The van der Waals surface area contributed by atoms with Crippen LogP contribution in [0.2, 0.25) is 0 Å². The Balaban J connectivity index is 1.44. The van der Waals surface area contributed by atoms with E-state index in [1.54, 1.807) is 18.2 Å². The average Bonchev–Trinajstić information content (AvgIpc) is 3.65. The number of nitrogens with zero attached hydrogens (tertiary/aromatic N) is 3.